The molecule has 4 N–H and O–H groups in total. The van der Waals surface area contributed by atoms with Crippen molar-refractivity contribution in [3.05, 3.63) is 61.8 Å². The predicted octanol–water partition coefficient (Wildman–Crippen LogP) is 0.0578. The van der Waals surface area contributed by atoms with E-state index in [-0.39, 0.29) is 17.5 Å². The van der Waals surface area contributed by atoms with Crippen LogP contribution in [-0.2, 0) is 6.42 Å². The fourth-order valence-corrected chi connectivity index (χ4v) is 1.63. The summed E-state index contributed by atoms with van der Waals surface area (Å²) in [5, 5.41) is 18.3. The minimum absolute atomic E-state index is 0.0164. The summed E-state index contributed by atoms with van der Waals surface area (Å²) in [6.07, 6.45) is 0.0812. The number of rotatable bonds is 3. The molecule has 0 unspecified atom stereocenters. The Balaban J connectivity index is 2.34. The lowest BCUT2D eigenvalue weighted by atomic mass is 10.1. The molecule has 1 heterocycles. The van der Waals surface area contributed by atoms with Crippen LogP contribution in [0.25, 0.3) is 0 Å². The average molecular weight is 262 g/mol. The van der Waals surface area contributed by atoms with Crippen LogP contribution in [0.2, 0.25) is 0 Å². The average Bonchev–Trinajstić information content (AvgIpc) is 2.34. The summed E-state index contributed by atoms with van der Waals surface area (Å²) in [5.41, 5.74) is -0.681. The van der Waals surface area contributed by atoms with Gasteiger partial charge in [-0.05, 0) is 17.7 Å². The van der Waals surface area contributed by atoms with Crippen molar-refractivity contribution in [2.24, 2.45) is 0 Å². The first-order valence-electron chi connectivity index (χ1n) is 5.34. The SMILES string of the molecule is O=C(O)c1ccc(Cc2c(O)[nH]c(=O)[nH]c2=O)cc1. The molecule has 0 aliphatic carbocycles. The summed E-state index contributed by atoms with van der Waals surface area (Å²) in [4.78, 5) is 37.2. The Labute approximate surface area is 106 Å². The van der Waals surface area contributed by atoms with Crippen LogP contribution in [0.3, 0.4) is 0 Å². The Morgan fingerprint density at radius 2 is 1.74 bits per heavy atom. The van der Waals surface area contributed by atoms with Crippen LogP contribution >= 0.6 is 0 Å². The van der Waals surface area contributed by atoms with Crippen molar-refractivity contribution in [1.29, 1.82) is 0 Å². The number of aromatic hydroxyl groups is 1. The molecule has 7 heteroatoms. The van der Waals surface area contributed by atoms with Gasteiger partial charge in [-0.15, -0.1) is 0 Å². The molecule has 98 valence electrons. The first-order valence-corrected chi connectivity index (χ1v) is 5.34. The number of aromatic amines is 2. The highest BCUT2D eigenvalue weighted by Gasteiger charge is 2.10. The van der Waals surface area contributed by atoms with Crippen molar-refractivity contribution in [3.8, 4) is 5.88 Å². The summed E-state index contributed by atoms with van der Waals surface area (Å²) in [6.45, 7) is 0. The second kappa shape index (κ2) is 4.81. The Morgan fingerprint density at radius 3 is 2.26 bits per heavy atom. The van der Waals surface area contributed by atoms with Gasteiger partial charge in [-0.2, -0.15) is 0 Å². The molecule has 0 aliphatic heterocycles. The molecule has 1 aromatic carbocycles. The van der Waals surface area contributed by atoms with Crippen LogP contribution in [0.5, 0.6) is 5.88 Å². The molecule has 0 saturated heterocycles. The zero-order chi connectivity index (χ0) is 14.0. The van der Waals surface area contributed by atoms with E-state index in [1.807, 2.05) is 4.98 Å². The normalized spacial score (nSPS) is 10.3. The van der Waals surface area contributed by atoms with Crippen molar-refractivity contribution in [2.75, 3.05) is 0 Å². The number of hydrogen-bond donors (Lipinski definition) is 4. The van der Waals surface area contributed by atoms with E-state index >= 15 is 0 Å². The highest BCUT2D eigenvalue weighted by atomic mass is 16.4. The lowest BCUT2D eigenvalue weighted by molar-refractivity contribution is 0.0697. The molecule has 0 amide bonds. The van der Waals surface area contributed by atoms with E-state index in [0.717, 1.165) is 0 Å². The molecule has 1 aromatic heterocycles. The van der Waals surface area contributed by atoms with E-state index in [0.29, 0.717) is 5.56 Å². The van der Waals surface area contributed by atoms with Crippen LogP contribution < -0.4 is 11.2 Å². The topological polar surface area (TPSA) is 123 Å². The third kappa shape index (κ3) is 2.71. The standard InChI is InChI=1S/C12H10N2O5/c15-9-8(10(16)14-12(19)13-9)5-6-1-3-7(4-2-6)11(17)18/h1-4H,5H2,(H,17,18)(H3,13,14,15,16,19). The summed E-state index contributed by atoms with van der Waals surface area (Å²) in [6, 6.07) is 5.87. The Hall–Kier alpha value is -2.83. The number of carbonyl (C=O) groups is 1. The minimum atomic E-state index is -1.05. The zero-order valence-corrected chi connectivity index (χ0v) is 9.64. The maximum atomic E-state index is 11.5. The summed E-state index contributed by atoms with van der Waals surface area (Å²) >= 11 is 0. The molecule has 0 radical (unpaired) electrons. The molecular weight excluding hydrogens is 252 g/mol. The second-order valence-corrected chi connectivity index (χ2v) is 3.91. The van der Waals surface area contributed by atoms with E-state index in [9.17, 15) is 19.5 Å². The van der Waals surface area contributed by atoms with Crippen molar-refractivity contribution in [1.82, 2.24) is 9.97 Å². The van der Waals surface area contributed by atoms with Crippen LogP contribution in [0, 0.1) is 0 Å². The lowest BCUT2D eigenvalue weighted by Crippen LogP contribution is -2.25. The summed E-state index contributed by atoms with van der Waals surface area (Å²) < 4.78 is 0. The van der Waals surface area contributed by atoms with Crippen molar-refractivity contribution < 1.29 is 15.0 Å². The monoisotopic (exact) mass is 262 g/mol. The van der Waals surface area contributed by atoms with Gasteiger partial charge in [0.25, 0.3) is 5.56 Å². The lowest BCUT2D eigenvalue weighted by Gasteiger charge is -2.03. The number of aromatic nitrogens is 2. The second-order valence-electron chi connectivity index (χ2n) is 3.91. The van der Waals surface area contributed by atoms with Gasteiger partial charge in [-0.1, -0.05) is 12.1 Å². The van der Waals surface area contributed by atoms with Gasteiger partial charge in [0.1, 0.15) is 0 Å². The molecule has 0 aliphatic rings. The molecule has 7 nitrogen and oxygen atoms in total. The number of nitrogens with one attached hydrogen (secondary N) is 2. The van der Waals surface area contributed by atoms with E-state index in [1.165, 1.54) is 24.3 Å². The number of benzene rings is 1. The molecule has 0 bridgehead atoms. The fraction of sp³-hybridized carbons (Fsp3) is 0.0833. The quantitative estimate of drug-likeness (QED) is 0.622. The van der Waals surface area contributed by atoms with Crippen LogP contribution in [-0.4, -0.2) is 26.2 Å². The Bertz CT molecular complexity index is 727. The third-order valence-electron chi connectivity index (χ3n) is 2.60. The zero-order valence-electron chi connectivity index (χ0n) is 9.64. The molecule has 2 rings (SSSR count). The number of carboxylic acid groups (broad SMARTS) is 1. The Kier molecular flexibility index (Phi) is 3.19. The summed E-state index contributed by atoms with van der Waals surface area (Å²) in [5.74, 6) is -1.53. The van der Waals surface area contributed by atoms with Crippen molar-refractivity contribution >= 4 is 5.97 Å². The van der Waals surface area contributed by atoms with Gasteiger partial charge in [0.15, 0.2) is 0 Å². The maximum absolute atomic E-state index is 11.5. The number of hydrogen-bond acceptors (Lipinski definition) is 4. The molecule has 0 saturated carbocycles. The van der Waals surface area contributed by atoms with Gasteiger partial charge in [-0.3, -0.25) is 14.8 Å². The van der Waals surface area contributed by atoms with Crippen LogP contribution in [0.1, 0.15) is 21.5 Å². The number of H-pyrrole nitrogens is 2. The largest absolute Gasteiger partial charge is 0.494 e. The third-order valence-corrected chi connectivity index (χ3v) is 2.60. The maximum Gasteiger partial charge on any atom is 0.335 e. The van der Waals surface area contributed by atoms with E-state index in [2.05, 4.69) is 4.98 Å². The molecule has 0 fully saturated rings. The highest BCUT2D eigenvalue weighted by molar-refractivity contribution is 5.87. The molecule has 2 aromatic rings. The molecule has 0 atom stereocenters. The van der Waals surface area contributed by atoms with Crippen LogP contribution in [0.15, 0.2) is 33.9 Å². The van der Waals surface area contributed by atoms with E-state index in [1.54, 1.807) is 0 Å². The predicted molar refractivity (Wildman–Crippen MR) is 65.6 cm³/mol. The van der Waals surface area contributed by atoms with Gasteiger partial charge in [0.2, 0.25) is 5.88 Å². The first kappa shape index (κ1) is 12.6. The first-order chi connectivity index (χ1) is 8.97. The minimum Gasteiger partial charge on any atom is -0.494 e. The van der Waals surface area contributed by atoms with Gasteiger partial charge in [0, 0.05) is 6.42 Å². The molecular formula is C12H10N2O5. The van der Waals surface area contributed by atoms with Crippen LogP contribution in [0.4, 0.5) is 0 Å². The fourth-order valence-electron chi connectivity index (χ4n) is 1.63. The van der Waals surface area contributed by atoms with E-state index in [4.69, 9.17) is 5.11 Å². The van der Waals surface area contributed by atoms with Gasteiger partial charge in [0.05, 0.1) is 11.1 Å². The highest BCUT2D eigenvalue weighted by Crippen LogP contribution is 2.13. The van der Waals surface area contributed by atoms with Gasteiger partial charge >= 0.3 is 11.7 Å². The summed E-state index contributed by atoms with van der Waals surface area (Å²) in [7, 11) is 0. The Morgan fingerprint density at radius 1 is 1.11 bits per heavy atom. The number of carboxylic acids is 1. The van der Waals surface area contributed by atoms with Gasteiger partial charge < -0.3 is 10.2 Å². The van der Waals surface area contributed by atoms with Crippen molar-refractivity contribution in [3.63, 3.8) is 0 Å². The number of aromatic carboxylic acids is 1. The van der Waals surface area contributed by atoms with Crippen molar-refractivity contribution in [2.45, 2.75) is 6.42 Å². The smallest absolute Gasteiger partial charge is 0.335 e. The molecule has 19 heavy (non-hydrogen) atoms. The van der Waals surface area contributed by atoms with Gasteiger partial charge in [-0.25, -0.2) is 9.59 Å². The van der Waals surface area contributed by atoms with E-state index < -0.39 is 23.1 Å². The molecule has 0 spiro atoms.